The molecule has 1 heterocycles. The third-order valence-corrected chi connectivity index (χ3v) is 4.22. The van der Waals surface area contributed by atoms with Gasteiger partial charge in [0.25, 0.3) is 0 Å². The minimum absolute atomic E-state index is 0.0656. The fraction of sp³-hybridized carbons (Fsp3) is 0.412. The van der Waals surface area contributed by atoms with Gasteiger partial charge in [0.2, 0.25) is 0 Å². The highest BCUT2D eigenvalue weighted by Gasteiger charge is 2.18. The number of anilines is 2. The van der Waals surface area contributed by atoms with Crippen LogP contribution < -0.4 is 10.2 Å². The molecule has 0 saturated heterocycles. The maximum absolute atomic E-state index is 11.0. The predicted octanol–water partition coefficient (Wildman–Crippen LogP) is 3.11. The summed E-state index contributed by atoms with van der Waals surface area (Å²) >= 11 is 0. The number of pyridine rings is 1. The lowest BCUT2D eigenvalue weighted by atomic mass is 10.1. The third-order valence-electron chi connectivity index (χ3n) is 4.22. The van der Waals surface area contributed by atoms with Crippen LogP contribution in [0.4, 0.5) is 11.5 Å². The number of carboxylic acid groups (broad SMARTS) is 1. The summed E-state index contributed by atoms with van der Waals surface area (Å²) in [5.41, 5.74) is 1.05. The van der Waals surface area contributed by atoms with Crippen LogP contribution in [0.1, 0.15) is 25.7 Å². The van der Waals surface area contributed by atoms with Gasteiger partial charge in [-0.3, -0.25) is 4.79 Å². The zero-order valence-corrected chi connectivity index (χ0v) is 12.7. The smallest absolute Gasteiger partial charge is 0.323 e. The number of likely N-dealkylation sites (N-methyl/N-ethyl adjacent to an activating group) is 1. The average Bonchev–Trinajstić information content (AvgIpc) is 2.99. The van der Waals surface area contributed by atoms with Gasteiger partial charge < -0.3 is 15.3 Å². The molecule has 5 heteroatoms. The molecule has 0 aliphatic heterocycles. The number of hydrogen-bond donors (Lipinski definition) is 2. The predicted molar refractivity (Wildman–Crippen MR) is 88.5 cm³/mol. The van der Waals surface area contributed by atoms with E-state index in [1.54, 1.807) is 18.1 Å². The van der Waals surface area contributed by atoms with Crippen molar-refractivity contribution < 1.29 is 9.90 Å². The summed E-state index contributed by atoms with van der Waals surface area (Å²) in [6.45, 7) is -0.0656. The highest BCUT2D eigenvalue weighted by Crippen LogP contribution is 2.33. The zero-order chi connectivity index (χ0) is 15.5. The summed E-state index contributed by atoms with van der Waals surface area (Å²) in [6.07, 6.45) is 6.65. The molecule has 5 nitrogen and oxygen atoms in total. The number of aliphatic carboxylic acids is 1. The molecule has 0 amide bonds. The molecule has 2 N–H and O–H groups in total. The van der Waals surface area contributed by atoms with Crippen molar-refractivity contribution in [2.75, 3.05) is 23.8 Å². The van der Waals surface area contributed by atoms with Crippen LogP contribution in [0.5, 0.6) is 0 Å². The van der Waals surface area contributed by atoms with Gasteiger partial charge in [-0.1, -0.05) is 25.0 Å². The average molecular weight is 299 g/mol. The van der Waals surface area contributed by atoms with Crippen LogP contribution in [0.25, 0.3) is 10.8 Å². The van der Waals surface area contributed by atoms with Crippen molar-refractivity contribution in [2.24, 2.45) is 0 Å². The number of nitrogens with one attached hydrogen (secondary N) is 1. The second kappa shape index (κ2) is 6.22. The second-order valence-electron chi connectivity index (χ2n) is 5.91. The molecule has 1 aliphatic carbocycles. The third kappa shape index (κ3) is 2.98. The highest BCUT2D eigenvalue weighted by atomic mass is 16.4. The van der Waals surface area contributed by atoms with Crippen LogP contribution in [0, 0.1) is 0 Å². The molecule has 1 saturated carbocycles. The van der Waals surface area contributed by atoms with Gasteiger partial charge in [0.1, 0.15) is 12.4 Å². The molecule has 0 spiro atoms. The fourth-order valence-corrected chi connectivity index (χ4v) is 3.19. The molecule has 0 atom stereocenters. The van der Waals surface area contributed by atoms with Gasteiger partial charge in [-0.15, -0.1) is 0 Å². The van der Waals surface area contributed by atoms with Gasteiger partial charge in [0.15, 0.2) is 0 Å². The number of aromatic nitrogens is 1. The summed E-state index contributed by atoms with van der Waals surface area (Å²) in [5, 5.41) is 14.7. The normalized spacial score (nSPS) is 15.1. The van der Waals surface area contributed by atoms with Gasteiger partial charge >= 0.3 is 5.97 Å². The highest BCUT2D eigenvalue weighted by molar-refractivity contribution is 6.02. The van der Waals surface area contributed by atoms with Crippen LogP contribution in [0.3, 0.4) is 0 Å². The second-order valence-corrected chi connectivity index (χ2v) is 5.91. The van der Waals surface area contributed by atoms with E-state index >= 15 is 0 Å². The van der Waals surface area contributed by atoms with E-state index < -0.39 is 5.97 Å². The van der Waals surface area contributed by atoms with E-state index in [0.29, 0.717) is 11.9 Å². The lowest BCUT2D eigenvalue weighted by Gasteiger charge is -2.21. The molecular formula is C17H21N3O2. The maximum Gasteiger partial charge on any atom is 0.323 e. The molecular weight excluding hydrogens is 278 g/mol. The standard InChI is InChI=1S/C17H21N3O2/c1-20(11-15(21)22)17-16-12(9-10-18-17)5-4-8-14(16)19-13-6-2-3-7-13/h4-5,8-10,13,19H,2-3,6-7,11H2,1H3,(H,21,22). The Labute approximate surface area is 130 Å². The van der Waals surface area contributed by atoms with E-state index in [0.717, 1.165) is 16.5 Å². The number of hydrogen-bond acceptors (Lipinski definition) is 4. The Bertz CT molecular complexity index is 675. The fourth-order valence-electron chi connectivity index (χ4n) is 3.19. The minimum atomic E-state index is -0.859. The Morgan fingerprint density at radius 3 is 2.86 bits per heavy atom. The van der Waals surface area contributed by atoms with Gasteiger partial charge in [-0.25, -0.2) is 4.98 Å². The van der Waals surface area contributed by atoms with Crippen molar-refractivity contribution in [1.29, 1.82) is 0 Å². The lowest BCUT2D eigenvalue weighted by molar-refractivity contribution is -0.135. The molecule has 2 aromatic rings. The van der Waals surface area contributed by atoms with E-state index in [1.165, 1.54) is 25.7 Å². The maximum atomic E-state index is 11.0. The van der Waals surface area contributed by atoms with Crippen molar-refractivity contribution in [3.05, 3.63) is 30.5 Å². The molecule has 116 valence electrons. The summed E-state index contributed by atoms with van der Waals surface area (Å²) in [4.78, 5) is 17.1. The molecule has 0 unspecified atom stereocenters. The monoisotopic (exact) mass is 299 g/mol. The Balaban J connectivity index is 2.02. The Morgan fingerprint density at radius 1 is 1.36 bits per heavy atom. The van der Waals surface area contributed by atoms with E-state index in [2.05, 4.69) is 16.4 Å². The van der Waals surface area contributed by atoms with Crippen molar-refractivity contribution in [3.63, 3.8) is 0 Å². The van der Waals surface area contributed by atoms with E-state index in [4.69, 9.17) is 5.11 Å². The van der Waals surface area contributed by atoms with Gasteiger partial charge in [0.05, 0.1) is 0 Å². The lowest BCUT2D eigenvalue weighted by Crippen LogP contribution is -2.26. The molecule has 22 heavy (non-hydrogen) atoms. The molecule has 0 bridgehead atoms. The number of benzene rings is 1. The molecule has 1 aromatic carbocycles. The van der Waals surface area contributed by atoms with Crippen LogP contribution in [-0.4, -0.2) is 35.7 Å². The van der Waals surface area contributed by atoms with Crippen molar-refractivity contribution in [1.82, 2.24) is 4.98 Å². The molecule has 1 fully saturated rings. The first-order chi connectivity index (χ1) is 10.6. The van der Waals surface area contributed by atoms with Crippen LogP contribution in [0.15, 0.2) is 30.5 Å². The van der Waals surface area contributed by atoms with Crippen LogP contribution >= 0.6 is 0 Å². The van der Waals surface area contributed by atoms with Gasteiger partial charge in [-0.2, -0.15) is 0 Å². The molecule has 0 radical (unpaired) electrons. The summed E-state index contributed by atoms with van der Waals surface area (Å²) in [7, 11) is 1.77. The first kappa shape index (κ1) is 14.6. The largest absolute Gasteiger partial charge is 0.480 e. The number of nitrogens with zero attached hydrogens (tertiary/aromatic N) is 2. The van der Waals surface area contributed by atoms with E-state index in [-0.39, 0.29) is 6.54 Å². The van der Waals surface area contributed by atoms with Crippen molar-refractivity contribution >= 4 is 28.2 Å². The number of carbonyl (C=O) groups is 1. The zero-order valence-electron chi connectivity index (χ0n) is 12.7. The topological polar surface area (TPSA) is 65.5 Å². The molecule has 1 aliphatic rings. The van der Waals surface area contributed by atoms with Crippen molar-refractivity contribution in [2.45, 2.75) is 31.7 Å². The van der Waals surface area contributed by atoms with Crippen LogP contribution in [0.2, 0.25) is 0 Å². The Morgan fingerprint density at radius 2 is 2.14 bits per heavy atom. The summed E-state index contributed by atoms with van der Waals surface area (Å²) in [6, 6.07) is 8.59. The first-order valence-corrected chi connectivity index (χ1v) is 7.72. The summed E-state index contributed by atoms with van der Waals surface area (Å²) < 4.78 is 0. The minimum Gasteiger partial charge on any atom is -0.480 e. The summed E-state index contributed by atoms with van der Waals surface area (Å²) in [5.74, 6) is -0.150. The van der Waals surface area contributed by atoms with Gasteiger partial charge in [0, 0.05) is 30.4 Å². The Kier molecular flexibility index (Phi) is 4.13. The molecule has 3 rings (SSSR count). The number of carboxylic acids is 1. The van der Waals surface area contributed by atoms with E-state index in [9.17, 15) is 4.79 Å². The SMILES string of the molecule is CN(CC(=O)O)c1nccc2cccc(NC3CCCC3)c12. The van der Waals surface area contributed by atoms with Crippen LogP contribution in [-0.2, 0) is 4.79 Å². The van der Waals surface area contributed by atoms with E-state index in [1.807, 2.05) is 18.2 Å². The van der Waals surface area contributed by atoms with Gasteiger partial charge in [-0.05, 0) is 30.4 Å². The molecule has 1 aromatic heterocycles. The first-order valence-electron chi connectivity index (χ1n) is 7.72. The quantitative estimate of drug-likeness (QED) is 0.888. The Hall–Kier alpha value is -2.30. The van der Waals surface area contributed by atoms with Crippen molar-refractivity contribution in [3.8, 4) is 0 Å². The number of rotatable bonds is 5. The number of fused-ring (bicyclic) bond motifs is 1.